The maximum atomic E-state index is 12.5. The Balaban J connectivity index is 2.01. The molecule has 0 aliphatic carbocycles. The second kappa shape index (κ2) is 6.69. The molecule has 1 aliphatic heterocycles. The smallest absolute Gasteiger partial charge is 0.245 e. The summed E-state index contributed by atoms with van der Waals surface area (Å²) in [5.41, 5.74) is 0.0683. The van der Waals surface area contributed by atoms with Crippen LogP contribution in [0.3, 0.4) is 0 Å². The summed E-state index contributed by atoms with van der Waals surface area (Å²) in [6.07, 6.45) is 0.928. The van der Waals surface area contributed by atoms with Crippen LogP contribution in [0.15, 0.2) is 24.3 Å². The van der Waals surface area contributed by atoms with Gasteiger partial charge in [-0.15, -0.1) is 0 Å². The highest BCUT2D eigenvalue weighted by Gasteiger charge is 2.49. The summed E-state index contributed by atoms with van der Waals surface area (Å²) < 4.78 is 0. The lowest BCUT2D eigenvalue weighted by Gasteiger charge is -2.49. The summed E-state index contributed by atoms with van der Waals surface area (Å²) in [5.74, 6) is 0.265. The zero-order valence-electron chi connectivity index (χ0n) is 13.4. The van der Waals surface area contributed by atoms with Crippen molar-refractivity contribution >= 4 is 23.4 Å². The van der Waals surface area contributed by atoms with Crippen LogP contribution in [-0.4, -0.2) is 35.3 Å². The molecule has 2 rings (SSSR count). The molecule has 1 aliphatic rings. The SMILES string of the molecule is CC(C)CNC(=O)C1(C)CCN1C(=O)Cc1ccccc1Cl. The highest BCUT2D eigenvalue weighted by Crippen LogP contribution is 2.31. The number of halogens is 1. The third kappa shape index (κ3) is 3.43. The number of hydrogen-bond acceptors (Lipinski definition) is 2. The van der Waals surface area contributed by atoms with Crippen LogP contribution in [0.1, 0.15) is 32.8 Å². The van der Waals surface area contributed by atoms with Crippen molar-refractivity contribution in [1.29, 1.82) is 0 Å². The van der Waals surface area contributed by atoms with Crippen molar-refractivity contribution in [2.75, 3.05) is 13.1 Å². The monoisotopic (exact) mass is 322 g/mol. The summed E-state index contributed by atoms with van der Waals surface area (Å²) in [4.78, 5) is 26.5. The van der Waals surface area contributed by atoms with E-state index in [9.17, 15) is 9.59 Å². The Bertz CT molecular complexity index is 574. The number of nitrogens with one attached hydrogen (secondary N) is 1. The van der Waals surface area contributed by atoms with Crippen molar-refractivity contribution in [3.63, 3.8) is 0 Å². The predicted octanol–water partition coefficient (Wildman–Crippen LogP) is 2.65. The summed E-state index contributed by atoms with van der Waals surface area (Å²) in [6, 6.07) is 7.31. The third-order valence-corrected chi connectivity index (χ3v) is 4.55. The molecular formula is C17H23ClN2O2. The normalized spacial score (nSPS) is 20.7. The molecule has 0 radical (unpaired) electrons. The third-order valence-electron chi connectivity index (χ3n) is 4.18. The van der Waals surface area contributed by atoms with E-state index in [0.717, 1.165) is 5.56 Å². The Kier molecular flexibility index (Phi) is 5.12. The molecule has 4 nitrogen and oxygen atoms in total. The van der Waals surface area contributed by atoms with Crippen LogP contribution in [0.5, 0.6) is 0 Å². The van der Waals surface area contributed by atoms with Gasteiger partial charge in [0.15, 0.2) is 0 Å². The van der Waals surface area contributed by atoms with Gasteiger partial charge in [-0.05, 0) is 30.9 Å². The van der Waals surface area contributed by atoms with E-state index in [4.69, 9.17) is 11.6 Å². The molecule has 22 heavy (non-hydrogen) atoms. The van der Waals surface area contributed by atoms with Crippen molar-refractivity contribution < 1.29 is 9.59 Å². The van der Waals surface area contributed by atoms with Crippen LogP contribution in [-0.2, 0) is 16.0 Å². The first-order valence-electron chi connectivity index (χ1n) is 7.67. The highest BCUT2D eigenvalue weighted by molar-refractivity contribution is 6.31. The van der Waals surface area contributed by atoms with Gasteiger partial charge in [-0.1, -0.05) is 43.6 Å². The van der Waals surface area contributed by atoms with Crippen LogP contribution in [0.4, 0.5) is 0 Å². The first-order chi connectivity index (χ1) is 10.3. The van der Waals surface area contributed by atoms with E-state index >= 15 is 0 Å². The number of hydrogen-bond donors (Lipinski definition) is 1. The summed E-state index contributed by atoms with van der Waals surface area (Å²) in [7, 11) is 0. The summed E-state index contributed by atoms with van der Waals surface area (Å²) >= 11 is 6.10. The number of nitrogens with zero attached hydrogens (tertiary/aromatic N) is 1. The van der Waals surface area contributed by atoms with Gasteiger partial charge in [-0.3, -0.25) is 9.59 Å². The lowest BCUT2D eigenvalue weighted by Crippen LogP contribution is -2.67. The molecule has 5 heteroatoms. The van der Waals surface area contributed by atoms with Crippen LogP contribution >= 0.6 is 11.6 Å². The van der Waals surface area contributed by atoms with Gasteiger partial charge in [-0.25, -0.2) is 0 Å². The Labute approximate surface area is 136 Å². The molecular weight excluding hydrogens is 300 g/mol. The van der Waals surface area contributed by atoms with Crippen LogP contribution in [0.2, 0.25) is 5.02 Å². The van der Waals surface area contributed by atoms with Crippen molar-refractivity contribution in [2.24, 2.45) is 5.92 Å². The fourth-order valence-corrected chi connectivity index (χ4v) is 2.78. The molecule has 1 N–H and O–H groups in total. The quantitative estimate of drug-likeness (QED) is 0.906. The predicted molar refractivity (Wildman–Crippen MR) is 87.7 cm³/mol. The first kappa shape index (κ1) is 16.8. The topological polar surface area (TPSA) is 49.4 Å². The van der Waals surface area contributed by atoms with Gasteiger partial charge in [0.25, 0.3) is 0 Å². The fourth-order valence-electron chi connectivity index (χ4n) is 2.58. The second-order valence-corrected chi connectivity index (χ2v) is 6.85. The molecule has 1 aromatic rings. The molecule has 2 amide bonds. The highest BCUT2D eigenvalue weighted by atomic mass is 35.5. The number of rotatable bonds is 5. The van der Waals surface area contributed by atoms with E-state index in [0.29, 0.717) is 30.5 Å². The van der Waals surface area contributed by atoms with Crippen molar-refractivity contribution in [2.45, 2.75) is 39.2 Å². The first-order valence-corrected chi connectivity index (χ1v) is 8.04. The van der Waals surface area contributed by atoms with Gasteiger partial charge >= 0.3 is 0 Å². The van der Waals surface area contributed by atoms with E-state index in [2.05, 4.69) is 5.32 Å². The van der Waals surface area contributed by atoms with E-state index < -0.39 is 5.54 Å². The molecule has 1 unspecified atom stereocenters. The van der Waals surface area contributed by atoms with E-state index in [-0.39, 0.29) is 18.2 Å². The molecule has 0 spiro atoms. The zero-order chi connectivity index (χ0) is 16.3. The summed E-state index contributed by atoms with van der Waals surface area (Å²) in [6.45, 7) is 7.17. The van der Waals surface area contributed by atoms with Gasteiger partial charge in [0.05, 0.1) is 6.42 Å². The standard InChI is InChI=1S/C17H23ClN2O2/c1-12(2)11-19-16(22)17(3)8-9-20(17)15(21)10-13-6-4-5-7-14(13)18/h4-7,12H,8-11H2,1-3H3,(H,19,22). The molecule has 0 aromatic heterocycles. The molecule has 1 saturated heterocycles. The second-order valence-electron chi connectivity index (χ2n) is 6.44. The lowest BCUT2D eigenvalue weighted by atomic mass is 9.84. The lowest BCUT2D eigenvalue weighted by molar-refractivity contribution is -0.157. The number of benzene rings is 1. The minimum atomic E-state index is -0.729. The van der Waals surface area contributed by atoms with Gasteiger partial charge in [0.2, 0.25) is 11.8 Å². The molecule has 120 valence electrons. The van der Waals surface area contributed by atoms with Crippen molar-refractivity contribution in [3.8, 4) is 0 Å². The zero-order valence-corrected chi connectivity index (χ0v) is 14.1. The van der Waals surface area contributed by atoms with Crippen molar-refractivity contribution in [3.05, 3.63) is 34.9 Å². The van der Waals surface area contributed by atoms with Crippen LogP contribution in [0.25, 0.3) is 0 Å². The molecule has 1 heterocycles. The summed E-state index contributed by atoms with van der Waals surface area (Å²) in [5, 5.41) is 3.51. The number of carbonyl (C=O) groups is 2. The Morgan fingerprint density at radius 3 is 2.59 bits per heavy atom. The Morgan fingerprint density at radius 2 is 2.05 bits per heavy atom. The largest absolute Gasteiger partial charge is 0.354 e. The maximum absolute atomic E-state index is 12.5. The molecule has 0 saturated carbocycles. The van der Waals surface area contributed by atoms with E-state index in [1.807, 2.05) is 39.0 Å². The van der Waals surface area contributed by atoms with Gasteiger partial charge < -0.3 is 10.2 Å². The average molecular weight is 323 g/mol. The Morgan fingerprint density at radius 1 is 1.36 bits per heavy atom. The fraction of sp³-hybridized carbons (Fsp3) is 0.529. The maximum Gasteiger partial charge on any atom is 0.245 e. The van der Waals surface area contributed by atoms with E-state index in [1.165, 1.54) is 0 Å². The van der Waals surface area contributed by atoms with Gasteiger partial charge in [0, 0.05) is 18.1 Å². The average Bonchev–Trinajstić information content (AvgIpc) is 2.45. The Hall–Kier alpha value is -1.55. The number of carbonyl (C=O) groups excluding carboxylic acids is 2. The molecule has 0 bridgehead atoms. The van der Waals surface area contributed by atoms with E-state index in [1.54, 1.807) is 11.0 Å². The van der Waals surface area contributed by atoms with Gasteiger partial charge in [0.1, 0.15) is 5.54 Å². The van der Waals surface area contributed by atoms with Gasteiger partial charge in [-0.2, -0.15) is 0 Å². The number of likely N-dealkylation sites (tertiary alicyclic amines) is 1. The number of amides is 2. The van der Waals surface area contributed by atoms with Crippen LogP contribution < -0.4 is 5.32 Å². The minimum absolute atomic E-state index is 0.0541. The van der Waals surface area contributed by atoms with Crippen molar-refractivity contribution in [1.82, 2.24) is 10.2 Å². The molecule has 1 atom stereocenters. The van der Waals surface area contributed by atoms with Crippen LogP contribution in [0, 0.1) is 5.92 Å². The minimum Gasteiger partial charge on any atom is -0.354 e. The molecule has 1 aromatic carbocycles. The molecule has 1 fully saturated rings.